The maximum atomic E-state index is 11.8. The second kappa shape index (κ2) is 5.93. The Hall–Kier alpha value is -1.75. The van der Waals surface area contributed by atoms with Crippen molar-refractivity contribution in [2.45, 2.75) is 11.8 Å². The minimum Gasteiger partial charge on any atom is -0.466 e. The van der Waals surface area contributed by atoms with E-state index in [0.29, 0.717) is 12.1 Å². The molecule has 1 atom stereocenters. The number of amides is 1. The summed E-state index contributed by atoms with van der Waals surface area (Å²) < 4.78 is 4.66. The first-order valence-electron chi connectivity index (χ1n) is 5.87. The zero-order valence-corrected chi connectivity index (χ0v) is 11.6. The summed E-state index contributed by atoms with van der Waals surface area (Å²) in [6, 6.07) is 9.39. The Labute approximate surface area is 116 Å². The number of hydrogen-bond donors (Lipinski definition) is 0. The molecule has 1 fully saturated rings. The summed E-state index contributed by atoms with van der Waals surface area (Å²) in [6.07, 6.45) is 3.83. The number of hydrogen-bond acceptors (Lipinski definition) is 4. The number of ether oxygens (including phenoxy) is 1. The standard InChI is InChI=1S/C14H15NO3S/c1-18-14(17)8-11(10-6-4-3-5-7-10)15-12(16)9-13(15)19-2/h3-8,13H,9H2,1-2H3. The van der Waals surface area contributed by atoms with Crippen LogP contribution in [-0.2, 0) is 14.3 Å². The second-order valence-electron chi connectivity index (χ2n) is 4.08. The van der Waals surface area contributed by atoms with Crippen LogP contribution < -0.4 is 0 Å². The number of esters is 1. The Balaban J connectivity index is 2.38. The fraction of sp³-hybridized carbons (Fsp3) is 0.286. The summed E-state index contributed by atoms with van der Waals surface area (Å²) in [4.78, 5) is 25.0. The highest BCUT2D eigenvalue weighted by Gasteiger charge is 2.38. The molecule has 1 aliphatic heterocycles. The predicted octanol–water partition coefficient (Wildman–Crippen LogP) is 2.12. The van der Waals surface area contributed by atoms with Gasteiger partial charge in [-0.2, -0.15) is 0 Å². The molecule has 1 unspecified atom stereocenters. The van der Waals surface area contributed by atoms with E-state index in [-0.39, 0.29) is 11.3 Å². The van der Waals surface area contributed by atoms with E-state index < -0.39 is 5.97 Å². The number of nitrogens with zero attached hydrogens (tertiary/aromatic N) is 1. The molecule has 0 N–H and O–H groups in total. The molecular weight excluding hydrogens is 262 g/mol. The van der Waals surface area contributed by atoms with E-state index in [2.05, 4.69) is 4.74 Å². The van der Waals surface area contributed by atoms with E-state index in [9.17, 15) is 9.59 Å². The lowest BCUT2D eigenvalue weighted by Gasteiger charge is -2.40. The number of carbonyl (C=O) groups excluding carboxylic acids is 2. The van der Waals surface area contributed by atoms with Gasteiger partial charge >= 0.3 is 5.97 Å². The first kappa shape index (κ1) is 13.7. The highest BCUT2D eigenvalue weighted by atomic mass is 32.2. The minimum absolute atomic E-state index is 0.0263. The van der Waals surface area contributed by atoms with Gasteiger partial charge in [0.15, 0.2) is 0 Å². The summed E-state index contributed by atoms with van der Waals surface area (Å²) in [5.41, 5.74) is 1.43. The summed E-state index contributed by atoms with van der Waals surface area (Å²) in [7, 11) is 1.32. The molecule has 1 amide bonds. The van der Waals surface area contributed by atoms with Crippen LogP contribution in [0.2, 0.25) is 0 Å². The highest BCUT2D eigenvalue weighted by molar-refractivity contribution is 7.99. The van der Waals surface area contributed by atoms with Crippen LogP contribution in [0, 0.1) is 0 Å². The lowest BCUT2D eigenvalue weighted by molar-refractivity contribution is -0.136. The van der Waals surface area contributed by atoms with Crippen LogP contribution in [0.4, 0.5) is 0 Å². The smallest absolute Gasteiger partial charge is 0.332 e. The van der Waals surface area contributed by atoms with Crippen molar-refractivity contribution in [1.82, 2.24) is 4.90 Å². The van der Waals surface area contributed by atoms with Crippen molar-refractivity contribution >= 4 is 29.3 Å². The van der Waals surface area contributed by atoms with E-state index in [1.54, 1.807) is 16.7 Å². The van der Waals surface area contributed by atoms with E-state index in [1.165, 1.54) is 13.2 Å². The molecule has 0 radical (unpaired) electrons. The van der Waals surface area contributed by atoms with E-state index >= 15 is 0 Å². The number of rotatable bonds is 4. The van der Waals surface area contributed by atoms with Gasteiger partial charge in [-0.05, 0) is 11.8 Å². The van der Waals surface area contributed by atoms with Gasteiger partial charge in [0.05, 0.1) is 24.6 Å². The number of β-lactam (4-membered cyclic amide) rings is 1. The monoisotopic (exact) mass is 277 g/mol. The van der Waals surface area contributed by atoms with E-state index in [1.807, 2.05) is 36.6 Å². The van der Waals surface area contributed by atoms with Crippen LogP contribution in [0.1, 0.15) is 12.0 Å². The van der Waals surface area contributed by atoms with Gasteiger partial charge in [0, 0.05) is 6.08 Å². The molecule has 4 nitrogen and oxygen atoms in total. The molecule has 19 heavy (non-hydrogen) atoms. The average molecular weight is 277 g/mol. The minimum atomic E-state index is -0.460. The molecule has 0 aromatic heterocycles. The molecule has 0 spiro atoms. The maximum absolute atomic E-state index is 11.8. The number of carbonyl (C=O) groups is 2. The lowest BCUT2D eigenvalue weighted by atomic mass is 10.1. The van der Waals surface area contributed by atoms with Crippen molar-refractivity contribution in [1.29, 1.82) is 0 Å². The van der Waals surface area contributed by atoms with Crippen molar-refractivity contribution in [3.63, 3.8) is 0 Å². The van der Waals surface area contributed by atoms with Crippen molar-refractivity contribution in [2.75, 3.05) is 13.4 Å². The topological polar surface area (TPSA) is 46.6 Å². The van der Waals surface area contributed by atoms with Gasteiger partial charge in [-0.1, -0.05) is 30.3 Å². The molecule has 1 saturated heterocycles. The molecule has 1 aromatic carbocycles. The molecular formula is C14H15NO3S. The molecule has 2 rings (SSSR count). The fourth-order valence-corrected chi connectivity index (χ4v) is 2.69. The largest absolute Gasteiger partial charge is 0.466 e. The van der Waals surface area contributed by atoms with Crippen molar-refractivity contribution < 1.29 is 14.3 Å². The number of thioether (sulfide) groups is 1. The van der Waals surface area contributed by atoms with Crippen LogP contribution in [0.5, 0.6) is 0 Å². The molecule has 0 bridgehead atoms. The Morgan fingerprint density at radius 1 is 1.42 bits per heavy atom. The van der Waals surface area contributed by atoms with E-state index in [4.69, 9.17) is 0 Å². The summed E-state index contributed by atoms with van der Waals surface area (Å²) in [6.45, 7) is 0. The van der Waals surface area contributed by atoms with Crippen molar-refractivity contribution in [3.8, 4) is 0 Å². The first-order chi connectivity index (χ1) is 9.17. The van der Waals surface area contributed by atoms with Crippen LogP contribution >= 0.6 is 11.8 Å². The molecule has 1 aliphatic rings. The maximum Gasteiger partial charge on any atom is 0.332 e. The number of methoxy groups -OCH3 is 1. The summed E-state index contributed by atoms with van der Waals surface area (Å²) >= 11 is 1.59. The quantitative estimate of drug-likeness (QED) is 0.480. The predicted molar refractivity (Wildman–Crippen MR) is 75.2 cm³/mol. The highest BCUT2D eigenvalue weighted by Crippen LogP contribution is 2.35. The van der Waals surface area contributed by atoms with Crippen LogP contribution in [0.25, 0.3) is 5.70 Å². The average Bonchev–Trinajstić information content (AvgIpc) is 2.44. The fourth-order valence-electron chi connectivity index (χ4n) is 1.94. The van der Waals surface area contributed by atoms with Gasteiger partial charge in [-0.3, -0.25) is 9.69 Å². The Bertz CT molecular complexity index is 513. The van der Waals surface area contributed by atoms with Crippen LogP contribution in [0.3, 0.4) is 0 Å². The number of benzene rings is 1. The molecule has 1 heterocycles. The van der Waals surface area contributed by atoms with Crippen molar-refractivity contribution in [2.24, 2.45) is 0 Å². The zero-order chi connectivity index (χ0) is 13.8. The molecule has 0 aliphatic carbocycles. The second-order valence-corrected chi connectivity index (χ2v) is 5.09. The van der Waals surface area contributed by atoms with Gasteiger partial charge in [-0.25, -0.2) is 4.79 Å². The molecule has 0 saturated carbocycles. The summed E-state index contributed by atoms with van der Waals surface area (Å²) in [5.74, 6) is -0.434. The third-order valence-electron chi connectivity index (χ3n) is 2.96. The Kier molecular flexibility index (Phi) is 4.27. The SMILES string of the molecule is COC(=O)C=C(c1ccccc1)N1C(=O)CC1SC. The Morgan fingerprint density at radius 3 is 2.63 bits per heavy atom. The van der Waals surface area contributed by atoms with Gasteiger partial charge in [0.25, 0.3) is 0 Å². The number of likely N-dealkylation sites (tertiary alicyclic amines) is 1. The van der Waals surface area contributed by atoms with Crippen LogP contribution in [-0.4, -0.2) is 35.5 Å². The van der Waals surface area contributed by atoms with E-state index in [0.717, 1.165) is 5.56 Å². The van der Waals surface area contributed by atoms with Gasteiger partial charge in [0.1, 0.15) is 0 Å². The molecule has 1 aromatic rings. The zero-order valence-electron chi connectivity index (χ0n) is 10.8. The first-order valence-corrected chi connectivity index (χ1v) is 7.16. The lowest BCUT2D eigenvalue weighted by Crippen LogP contribution is -2.49. The van der Waals surface area contributed by atoms with Crippen molar-refractivity contribution in [3.05, 3.63) is 42.0 Å². The van der Waals surface area contributed by atoms with Gasteiger partial charge in [0.2, 0.25) is 5.91 Å². The Morgan fingerprint density at radius 2 is 2.11 bits per heavy atom. The molecule has 5 heteroatoms. The summed E-state index contributed by atoms with van der Waals surface area (Å²) in [5, 5.41) is 0.0867. The van der Waals surface area contributed by atoms with Gasteiger partial charge in [-0.15, -0.1) is 11.8 Å². The van der Waals surface area contributed by atoms with Gasteiger partial charge < -0.3 is 4.74 Å². The molecule has 100 valence electrons. The third-order valence-corrected chi connectivity index (χ3v) is 3.88. The third kappa shape index (κ3) is 2.81. The van der Waals surface area contributed by atoms with Crippen LogP contribution in [0.15, 0.2) is 36.4 Å². The normalized spacial score (nSPS) is 19.1.